The molecule has 0 radical (unpaired) electrons. The summed E-state index contributed by atoms with van der Waals surface area (Å²) in [5, 5.41) is 0. The zero-order valence-corrected chi connectivity index (χ0v) is 17.3. The van der Waals surface area contributed by atoms with Gasteiger partial charge in [0.15, 0.2) is 12.4 Å². The molecular formula is C24H44N+. The monoisotopic (exact) mass is 346 g/mol. The minimum absolute atomic E-state index is 1.19. The number of pyridine rings is 1. The Bertz CT molecular complexity index is 399. The fourth-order valence-electron chi connectivity index (χ4n) is 3.58. The van der Waals surface area contributed by atoms with Crippen LogP contribution in [0, 0.1) is 0 Å². The van der Waals surface area contributed by atoms with Crippen molar-refractivity contribution in [3.05, 3.63) is 30.1 Å². The molecule has 0 aliphatic heterocycles. The van der Waals surface area contributed by atoms with Crippen molar-refractivity contribution in [3.63, 3.8) is 0 Å². The fraction of sp³-hybridized carbons (Fsp3) is 0.792. The fourth-order valence-corrected chi connectivity index (χ4v) is 3.58. The van der Waals surface area contributed by atoms with Crippen LogP contribution in [0.3, 0.4) is 0 Å². The molecule has 0 saturated heterocycles. The number of aromatic nitrogens is 1. The maximum atomic E-state index is 2.41. The van der Waals surface area contributed by atoms with E-state index >= 15 is 0 Å². The molecule has 0 aromatic carbocycles. The first-order valence-corrected chi connectivity index (χ1v) is 11.3. The molecule has 0 bridgehead atoms. The zero-order valence-electron chi connectivity index (χ0n) is 17.3. The highest BCUT2D eigenvalue weighted by Gasteiger charge is 2.03. The van der Waals surface area contributed by atoms with Gasteiger partial charge in [-0.05, 0) is 25.3 Å². The third kappa shape index (κ3) is 13.1. The molecule has 1 nitrogen and oxygen atoms in total. The van der Waals surface area contributed by atoms with Crippen LogP contribution in [0.15, 0.2) is 24.5 Å². The van der Waals surface area contributed by atoms with E-state index in [9.17, 15) is 0 Å². The molecule has 0 aliphatic carbocycles. The molecule has 0 aliphatic rings. The number of rotatable bonds is 17. The Labute approximate surface area is 158 Å². The van der Waals surface area contributed by atoms with Crippen molar-refractivity contribution < 1.29 is 4.57 Å². The van der Waals surface area contributed by atoms with E-state index in [1.54, 1.807) is 0 Å². The number of hydrogen-bond donors (Lipinski definition) is 0. The van der Waals surface area contributed by atoms with Crippen molar-refractivity contribution in [3.8, 4) is 0 Å². The Morgan fingerprint density at radius 1 is 0.640 bits per heavy atom. The highest BCUT2D eigenvalue weighted by Crippen LogP contribution is 2.11. The van der Waals surface area contributed by atoms with Crippen LogP contribution in [0.25, 0.3) is 0 Å². The minimum atomic E-state index is 1.19. The quantitative estimate of drug-likeness (QED) is 0.204. The van der Waals surface area contributed by atoms with E-state index in [0.29, 0.717) is 0 Å². The predicted molar refractivity (Wildman–Crippen MR) is 111 cm³/mol. The van der Waals surface area contributed by atoms with Crippen LogP contribution in [0.2, 0.25) is 0 Å². The first-order valence-electron chi connectivity index (χ1n) is 11.3. The average molecular weight is 347 g/mol. The van der Waals surface area contributed by atoms with Gasteiger partial charge < -0.3 is 0 Å². The number of nitrogens with zero attached hydrogens (tertiary/aromatic N) is 1. The average Bonchev–Trinajstić information content (AvgIpc) is 2.63. The number of hydrogen-bond acceptors (Lipinski definition) is 0. The first kappa shape index (κ1) is 22.2. The van der Waals surface area contributed by atoms with Gasteiger partial charge in [0.25, 0.3) is 0 Å². The van der Waals surface area contributed by atoms with Gasteiger partial charge in [-0.15, -0.1) is 0 Å². The molecule has 1 heteroatoms. The van der Waals surface area contributed by atoms with Gasteiger partial charge in [-0.1, -0.05) is 90.9 Å². The minimum Gasteiger partial charge on any atom is -0.205 e. The predicted octanol–water partition coefficient (Wildman–Crippen LogP) is 7.41. The van der Waals surface area contributed by atoms with Gasteiger partial charge in [0, 0.05) is 18.1 Å². The SMILES string of the molecule is CCCCCCCCCCc1ccc[n+](CCCCCCCCC)c1. The summed E-state index contributed by atoms with van der Waals surface area (Å²) in [5.41, 5.74) is 1.52. The maximum absolute atomic E-state index is 2.41. The van der Waals surface area contributed by atoms with Crippen molar-refractivity contribution in [2.24, 2.45) is 0 Å². The lowest BCUT2D eigenvalue weighted by atomic mass is 10.0. The summed E-state index contributed by atoms with van der Waals surface area (Å²) in [6, 6.07) is 4.55. The van der Waals surface area contributed by atoms with Gasteiger partial charge >= 0.3 is 0 Å². The highest BCUT2D eigenvalue weighted by molar-refractivity contribution is 5.05. The zero-order chi connectivity index (χ0) is 18.0. The molecule has 0 saturated carbocycles. The van der Waals surface area contributed by atoms with Crippen LogP contribution in [0.5, 0.6) is 0 Å². The molecular weight excluding hydrogens is 302 g/mol. The summed E-state index contributed by atoms with van der Waals surface area (Å²) in [5.74, 6) is 0. The molecule has 0 unspecified atom stereocenters. The summed E-state index contributed by atoms with van der Waals surface area (Å²) >= 11 is 0. The van der Waals surface area contributed by atoms with Gasteiger partial charge in [0.1, 0.15) is 6.54 Å². The molecule has 0 atom stereocenters. The second-order valence-corrected chi connectivity index (χ2v) is 7.80. The molecule has 0 spiro atoms. The Morgan fingerprint density at radius 3 is 1.76 bits per heavy atom. The van der Waals surface area contributed by atoms with Crippen LogP contribution in [0.1, 0.15) is 116 Å². The Kier molecular flexibility index (Phi) is 14.7. The summed E-state index contributed by atoms with van der Waals surface area (Å²) in [6.45, 7) is 5.77. The summed E-state index contributed by atoms with van der Waals surface area (Å²) in [6.07, 6.45) is 26.9. The van der Waals surface area contributed by atoms with Gasteiger partial charge in [0.05, 0.1) is 0 Å². The van der Waals surface area contributed by atoms with Crippen molar-refractivity contribution in [1.29, 1.82) is 0 Å². The van der Waals surface area contributed by atoms with Crippen LogP contribution in [0.4, 0.5) is 0 Å². The van der Waals surface area contributed by atoms with E-state index in [0.717, 1.165) is 0 Å². The van der Waals surface area contributed by atoms with Crippen LogP contribution in [-0.4, -0.2) is 0 Å². The standard InChI is InChI=1S/C24H44N/c1-3-5-7-9-11-12-14-16-19-24-20-18-22-25(23-24)21-17-15-13-10-8-6-4-2/h18,20,22-23H,3-17,19,21H2,1-2H3/q+1. The highest BCUT2D eigenvalue weighted by atomic mass is 14.9. The van der Waals surface area contributed by atoms with Gasteiger partial charge in [-0.25, -0.2) is 4.57 Å². The summed E-state index contributed by atoms with van der Waals surface area (Å²) in [7, 11) is 0. The van der Waals surface area contributed by atoms with E-state index in [1.165, 1.54) is 115 Å². The van der Waals surface area contributed by atoms with Crippen molar-refractivity contribution in [2.45, 2.75) is 123 Å². The molecule has 1 rings (SSSR count). The molecule has 1 aromatic rings. The van der Waals surface area contributed by atoms with E-state index in [4.69, 9.17) is 0 Å². The van der Waals surface area contributed by atoms with E-state index in [2.05, 4.69) is 42.9 Å². The number of unbranched alkanes of at least 4 members (excludes halogenated alkanes) is 13. The third-order valence-corrected chi connectivity index (χ3v) is 5.26. The number of aryl methyl sites for hydroxylation is 2. The summed E-state index contributed by atoms with van der Waals surface area (Å²) < 4.78 is 2.41. The Balaban J connectivity index is 2.05. The normalized spacial score (nSPS) is 11.1. The summed E-state index contributed by atoms with van der Waals surface area (Å²) in [4.78, 5) is 0. The molecule has 1 heterocycles. The van der Waals surface area contributed by atoms with E-state index in [-0.39, 0.29) is 0 Å². The van der Waals surface area contributed by atoms with Crippen molar-refractivity contribution >= 4 is 0 Å². The van der Waals surface area contributed by atoms with Gasteiger partial charge in [-0.3, -0.25) is 0 Å². The smallest absolute Gasteiger partial charge is 0.171 e. The molecule has 0 fully saturated rings. The van der Waals surface area contributed by atoms with Gasteiger partial charge in [-0.2, -0.15) is 0 Å². The van der Waals surface area contributed by atoms with E-state index < -0.39 is 0 Å². The second kappa shape index (κ2) is 16.6. The largest absolute Gasteiger partial charge is 0.205 e. The molecule has 0 amide bonds. The Morgan fingerprint density at radius 2 is 1.16 bits per heavy atom. The maximum Gasteiger partial charge on any atom is 0.171 e. The van der Waals surface area contributed by atoms with Crippen LogP contribution < -0.4 is 4.57 Å². The molecule has 0 N–H and O–H groups in total. The van der Waals surface area contributed by atoms with Crippen molar-refractivity contribution in [2.75, 3.05) is 0 Å². The second-order valence-electron chi connectivity index (χ2n) is 7.80. The van der Waals surface area contributed by atoms with Gasteiger partial charge in [0.2, 0.25) is 0 Å². The lowest BCUT2D eigenvalue weighted by Crippen LogP contribution is -2.33. The van der Waals surface area contributed by atoms with E-state index in [1.807, 2.05) is 0 Å². The first-order chi connectivity index (χ1) is 12.4. The van der Waals surface area contributed by atoms with Crippen LogP contribution >= 0.6 is 0 Å². The molecule has 144 valence electrons. The molecule has 1 aromatic heterocycles. The van der Waals surface area contributed by atoms with Crippen molar-refractivity contribution in [1.82, 2.24) is 0 Å². The van der Waals surface area contributed by atoms with Crippen LogP contribution in [-0.2, 0) is 13.0 Å². The molecule has 25 heavy (non-hydrogen) atoms. The third-order valence-electron chi connectivity index (χ3n) is 5.26. The lowest BCUT2D eigenvalue weighted by Gasteiger charge is -2.03. The Hall–Kier alpha value is -0.850. The lowest BCUT2D eigenvalue weighted by molar-refractivity contribution is -0.697. The topological polar surface area (TPSA) is 3.88 Å².